The standard InChI is InChI=1S/C23H20ClN5O3S/c1-12-18(22(30)28-14-7-5-4-6-8-14)19(29-21(26)17(11-25)33-23(29)27-12)13-9-15(24)20(32-3)16(10-13)31-2/h4-10,19H,26H2,1-3H3,(H,28,30)/t19-/m0/s1. The Hall–Kier alpha value is -3.61. The molecule has 2 aliphatic rings. The molecule has 8 nitrogen and oxygen atoms in total. The Labute approximate surface area is 200 Å². The van der Waals surface area contributed by atoms with Crippen LogP contribution in [0.3, 0.4) is 0 Å². The summed E-state index contributed by atoms with van der Waals surface area (Å²) in [6.45, 7) is 1.75. The fourth-order valence-corrected chi connectivity index (χ4v) is 4.97. The average Bonchev–Trinajstić information content (AvgIpc) is 3.12. The lowest BCUT2D eigenvalue weighted by atomic mass is 9.93. The number of thioether (sulfide) groups is 1. The van der Waals surface area contributed by atoms with Crippen LogP contribution in [0.2, 0.25) is 5.02 Å². The summed E-state index contributed by atoms with van der Waals surface area (Å²) in [5.74, 6) is 0.648. The summed E-state index contributed by atoms with van der Waals surface area (Å²) in [5.41, 5.74) is 8.48. The highest BCUT2D eigenvalue weighted by atomic mass is 35.5. The third-order valence-corrected chi connectivity index (χ3v) is 6.48. The molecule has 33 heavy (non-hydrogen) atoms. The van der Waals surface area contributed by atoms with Crippen LogP contribution in [0.25, 0.3) is 0 Å². The molecular formula is C23H20ClN5O3S. The number of carbonyl (C=O) groups excluding carboxylic acids is 1. The van der Waals surface area contributed by atoms with E-state index >= 15 is 0 Å². The van der Waals surface area contributed by atoms with Crippen LogP contribution >= 0.6 is 23.4 Å². The van der Waals surface area contributed by atoms with E-state index in [9.17, 15) is 10.1 Å². The zero-order valence-electron chi connectivity index (χ0n) is 18.0. The highest BCUT2D eigenvalue weighted by Crippen LogP contribution is 2.48. The van der Waals surface area contributed by atoms with E-state index in [4.69, 9.17) is 26.8 Å². The summed E-state index contributed by atoms with van der Waals surface area (Å²) >= 11 is 7.65. The zero-order chi connectivity index (χ0) is 23.7. The van der Waals surface area contributed by atoms with Crippen molar-refractivity contribution in [2.45, 2.75) is 13.0 Å². The number of allylic oxidation sites excluding steroid dienone is 2. The average molecular weight is 482 g/mol. The van der Waals surface area contributed by atoms with Crippen LogP contribution in [-0.4, -0.2) is 30.2 Å². The Bertz CT molecular complexity index is 1270. The van der Waals surface area contributed by atoms with Crippen LogP contribution in [0.1, 0.15) is 18.5 Å². The Balaban J connectivity index is 1.88. The van der Waals surface area contributed by atoms with E-state index in [2.05, 4.69) is 16.4 Å². The van der Waals surface area contributed by atoms with Gasteiger partial charge >= 0.3 is 0 Å². The van der Waals surface area contributed by atoms with Crippen molar-refractivity contribution in [1.82, 2.24) is 4.90 Å². The number of para-hydroxylation sites is 1. The number of amidine groups is 1. The number of amides is 1. The van der Waals surface area contributed by atoms with Crippen molar-refractivity contribution in [3.05, 3.63) is 75.0 Å². The number of benzene rings is 2. The van der Waals surface area contributed by atoms with E-state index in [1.807, 2.05) is 18.2 Å². The van der Waals surface area contributed by atoms with Crippen LogP contribution in [-0.2, 0) is 4.79 Å². The van der Waals surface area contributed by atoms with Crippen molar-refractivity contribution in [2.24, 2.45) is 10.7 Å². The lowest BCUT2D eigenvalue weighted by Gasteiger charge is -2.35. The third kappa shape index (κ3) is 3.99. The van der Waals surface area contributed by atoms with Gasteiger partial charge in [0.2, 0.25) is 0 Å². The molecule has 0 fully saturated rings. The van der Waals surface area contributed by atoms with Gasteiger partial charge in [0.15, 0.2) is 16.7 Å². The molecular weight excluding hydrogens is 462 g/mol. The number of nitrogens with two attached hydrogens (primary N) is 1. The molecule has 2 aromatic rings. The van der Waals surface area contributed by atoms with Gasteiger partial charge in [0, 0.05) is 5.69 Å². The topological polar surface area (TPSA) is 113 Å². The second-order valence-electron chi connectivity index (χ2n) is 7.15. The van der Waals surface area contributed by atoms with Crippen molar-refractivity contribution >= 4 is 40.1 Å². The molecule has 0 aromatic heterocycles. The first-order valence-corrected chi connectivity index (χ1v) is 11.0. The quantitative estimate of drug-likeness (QED) is 0.651. The van der Waals surface area contributed by atoms with Gasteiger partial charge in [-0.1, -0.05) is 29.8 Å². The lowest BCUT2D eigenvalue weighted by molar-refractivity contribution is -0.113. The molecule has 10 heteroatoms. The number of halogens is 1. The molecule has 2 heterocycles. The molecule has 0 bridgehead atoms. The molecule has 0 unspecified atom stereocenters. The van der Waals surface area contributed by atoms with Crippen LogP contribution in [0.5, 0.6) is 11.5 Å². The van der Waals surface area contributed by atoms with E-state index < -0.39 is 6.04 Å². The molecule has 0 radical (unpaired) electrons. The Kier molecular flexibility index (Phi) is 6.22. The lowest BCUT2D eigenvalue weighted by Crippen LogP contribution is -2.39. The predicted octanol–water partition coefficient (Wildman–Crippen LogP) is 4.38. The second-order valence-corrected chi connectivity index (χ2v) is 8.54. The first-order chi connectivity index (χ1) is 15.9. The second kappa shape index (κ2) is 9.10. The van der Waals surface area contributed by atoms with Gasteiger partial charge in [0.05, 0.1) is 36.6 Å². The molecule has 0 saturated carbocycles. The number of anilines is 1. The molecule has 1 atom stereocenters. The molecule has 2 aliphatic heterocycles. The van der Waals surface area contributed by atoms with Crippen LogP contribution in [0.15, 0.2) is 69.5 Å². The van der Waals surface area contributed by atoms with E-state index in [1.165, 1.54) is 14.2 Å². The van der Waals surface area contributed by atoms with Crippen molar-refractivity contribution in [3.63, 3.8) is 0 Å². The van der Waals surface area contributed by atoms with Crippen LogP contribution in [0.4, 0.5) is 5.69 Å². The van der Waals surface area contributed by atoms with Gasteiger partial charge in [-0.15, -0.1) is 0 Å². The summed E-state index contributed by atoms with van der Waals surface area (Å²) in [5, 5.41) is 13.3. The third-order valence-electron chi connectivity index (χ3n) is 5.23. The molecule has 1 amide bonds. The maximum atomic E-state index is 13.5. The number of nitrogens with one attached hydrogen (secondary N) is 1. The van der Waals surface area contributed by atoms with E-state index in [-0.39, 0.29) is 11.7 Å². The normalized spacial score (nSPS) is 17.4. The van der Waals surface area contributed by atoms with Crippen molar-refractivity contribution < 1.29 is 14.3 Å². The number of ether oxygens (including phenoxy) is 2. The van der Waals surface area contributed by atoms with Gasteiger partial charge in [-0.05, 0) is 48.5 Å². The fraction of sp³-hybridized carbons (Fsp3) is 0.174. The van der Waals surface area contributed by atoms with Gasteiger partial charge in [-0.3, -0.25) is 9.69 Å². The monoisotopic (exact) mass is 481 g/mol. The predicted molar refractivity (Wildman–Crippen MR) is 129 cm³/mol. The number of hydrogen-bond donors (Lipinski definition) is 2. The molecule has 2 aromatic carbocycles. The largest absolute Gasteiger partial charge is 0.493 e. The molecule has 0 aliphatic carbocycles. The molecule has 0 saturated heterocycles. The Morgan fingerprint density at radius 2 is 2.00 bits per heavy atom. The minimum absolute atomic E-state index is 0.217. The maximum absolute atomic E-state index is 13.5. The number of fused-ring (bicyclic) bond motifs is 1. The van der Waals surface area contributed by atoms with Gasteiger partial charge in [0.1, 0.15) is 16.8 Å². The van der Waals surface area contributed by atoms with Crippen molar-refractivity contribution in [3.8, 4) is 17.6 Å². The maximum Gasteiger partial charge on any atom is 0.255 e. The van der Waals surface area contributed by atoms with Crippen LogP contribution < -0.4 is 20.5 Å². The van der Waals surface area contributed by atoms with Gasteiger partial charge in [0.25, 0.3) is 5.91 Å². The Morgan fingerprint density at radius 1 is 1.27 bits per heavy atom. The zero-order valence-corrected chi connectivity index (χ0v) is 19.6. The number of nitriles is 1. The number of nitrogens with zero attached hydrogens (tertiary/aromatic N) is 3. The number of aliphatic imine (C=N–C) groups is 1. The summed E-state index contributed by atoms with van der Waals surface area (Å²) in [7, 11) is 3.00. The Morgan fingerprint density at radius 3 is 2.64 bits per heavy atom. The summed E-state index contributed by atoms with van der Waals surface area (Å²) in [6.07, 6.45) is 0. The van der Waals surface area contributed by atoms with Crippen molar-refractivity contribution in [2.75, 3.05) is 19.5 Å². The van der Waals surface area contributed by atoms with E-state index in [0.29, 0.717) is 49.1 Å². The van der Waals surface area contributed by atoms with E-state index in [0.717, 1.165) is 11.8 Å². The number of carbonyl (C=O) groups is 1. The molecule has 0 spiro atoms. The summed E-state index contributed by atoms with van der Waals surface area (Å²) in [4.78, 5) is 20.0. The first-order valence-electron chi connectivity index (χ1n) is 9.83. The van der Waals surface area contributed by atoms with Gasteiger partial charge < -0.3 is 20.5 Å². The fourth-order valence-electron chi connectivity index (χ4n) is 3.76. The smallest absolute Gasteiger partial charge is 0.255 e. The first kappa shape index (κ1) is 22.6. The number of methoxy groups -OCH3 is 2. The number of hydrogen-bond acceptors (Lipinski definition) is 8. The minimum atomic E-state index is -0.697. The summed E-state index contributed by atoms with van der Waals surface area (Å²) in [6, 6.07) is 13.9. The molecule has 168 valence electrons. The minimum Gasteiger partial charge on any atom is -0.493 e. The summed E-state index contributed by atoms with van der Waals surface area (Å²) < 4.78 is 10.8. The van der Waals surface area contributed by atoms with E-state index in [1.54, 1.807) is 36.1 Å². The highest BCUT2D eigenvalue weighted by molar-refractivity contribution is 8.17. The number of rotatable bonds is 5. The van der Waals surface area contributed by atoms with Gasteiger partial charge in [-0.25, -0.2) is 4.99 Å². The SMILES string of the molecule is COc1cc([C@H]2C(C(=O)Nc3ccccc3)=C(C)N=C3SC(C#N)=C(N)N32)cc(Cl)c1OC. The molecule has 4 rings (SSSR count). The van der Waals surface area contributed by atoms with Gasteiger partial charge in [-0.2, -0.15) is 5.26 Å². The highest BCUT2D eigenvalue weighted by Gasteiger charge is 2.42. The van der Waals surface area contributed by atoms with Crippen LogP contribution in [0, 0.1) is 11.3 Å². The molecule has 3 N–H and O–H groups in total. The van der Waals surface area contributed by atoms with Crippen molar-refractivity contribution in [1.29, 1.82) is 5.26 Å².